The van der Waals surface area contributed by atoms with E-state index in [4.69, 9.17) is 17.2 Å². The first kappa shape index (κ1) is 21.3. The lowest BCUT2D eigenvalue weighted by atomic mass is 10.2. The van der Waals surface area contributed by atoms with Crippen molar-refractivity contribution in [3.63, 3.8) is 0 Å². The van der Waals surface area contributed by atoms with Crippen LogP contribution in [-0.4, -0.2) is 29.5 Å². The van der Waals surface area contributed by atoms with Crippen LogP contribution in [0.15, 0.2) is 29.3 Å². The molecule has 12 nitrogen and oxygen atoms in total. The Hall–Kier alpha value is -4.93. The van der Waals surface area contributed by atoms with Crippen molar-refractivity contribution < 1.29 is 8.78 Å². The molecule has 0 bridgehead atoms. The highest BCUT2D eigenvalue weighted by Crippen LogP contribution is 2.25. The first-order valence-electron chi connectivity index (χ1n) is 9.28. The maximum atomic E-state index is 14.5. The molecule has 0 aliphatic rings. The zero-order valence-electron chi connectivity index (χ0n) is 16.9. The van der Waals surface area contributed by atoms with E-state index in [2.05, 4.69) is 30.2 Å². The molecule has 0 radical (unpaired) electrons. The summed E-state index contributed by atoms with van der Waals surface area (Å²) in [6.45, 7) is 1.56. The standard InChI is InChI=1S/C19H15F2N11O/c1-7(28-16-10(4-22)15(24)30-19(25)31-16)17-29-14-9(2-8(20)3-11(14)21)18(33)32(17)13-6-26-12(23)5-27-13/h2-3,5-7H,1H3,(H2,23,26)(H5,24,25,28,30,31). The molecule has 1 atom stereocenters. The molecule has 1 unspecified atom stereocenters. The molecule has 0 fully saturated rings. The first-order valence-corrected chi connectivity index (χ1v) is 9.28. The quantitative estimate of drug-likeness (QED) is 0.345. The van der Waals surface area contributed by atoms with Crippen LogP contribution in [0.25, 0.3) is 16.7 Å². The molecule has 3 aromatic heterocycles. The van der Waals surface area contributed by atoms with Gasteiger partial charge in [0.1, 0.15) is 40.4 Å². The second kappa shape index (κ2) is 7.96. The van der Waals surface area contributed by atoms with Crippen LogP contribution in [0.4, 0.5) is 32.2 Å². The predicted molar refractivity (Wildman–Crippen MR) is 115 cm³/mol. The average Bonchev–Trinajstić information content (AvgIpc) is 2.74. The summed E-state index contributed by atoms with van der Waals surface area (Å²) in [5.41, 5.74) is 15.7. The molecule has 0 aliphatic heterocycles. The summed E-state index contributed by atoms with van der Waals surface area (Å²) >= 11 is 0. The fraction of sp³-hybridized carbons (Fsp3) is 0.105. The van der Waals surface area contributed by atoms with E-state index in [0.29, 0.717) is 6.07 Å². The molecule has 3 heterocycles. The number of nitriles is 1. The lowest BCUT2D eigenvalue weighted by Crippen LogP contribution is -2.29. The van der Waals surface area contributed by atoms with Gasteiger partial charge in [-0.3, -0.25) is 4.79 Å². The average molecular weight is 451 g/mol. The zero-order chi connectivity index (χ0) is 23.9. The number of nitrogens with zero attached hydrogens (tertiary/aromatic N) is 7. The molecule has 14 heteroatoms. The molecule has 33 heavy (non-hydrogen) atoms. The summed E-state index contributed by atoms with van der Waals surface area (Å²) in [7, 11) is 0. The van der Waals surface area contributed by atoms with Gasteiger partial charge in [-0.15, -0.1) is 0 Å². The Morgan fingerprint density at radius 1 is 1.12 bits per heavy atom. The fourth-order valence-corrected chi connectivity index (χ4v) is 3.17. The Balaban J connectivity index is 1.96. The monoisotopic (exact) mass is 451 g/mol. The summed E-state index contributed by atoms with van der Waals surface area (Å²) in [5, 5.41) is 12.0. The van der Waals surface area contributed by atoms with Crippen LogP contribution in [0, 0.1) is 23.0 Å². The number of aromatic nitrogens is 6. The predicted octanol–water partition coefficient (Wildman–Crippen LogP) is 1.04. The van der Waals surface area contributed by atoms with Crippen molar-refractivity contribution in [1.82, 2.24) is 29.5 Å². The fourth-order valence-electron chi connectivity index (χ4n) is 3.17. The number of nitrogens with one attached hydrogen (secondary N) is 1. The highest BCUT2D eigenvalue weighted by molar-refractivity contribution is 5.79. The Bertz CT molecular complexity index is 1500. The number of halogens is 2. The smallest absolute Gasteiger partial charge is 0.267 e. The molecule has 7 N–H and O–H groups in total. The van der Waals surface area contributed by atoms with E-state index >= 15 is 0 Å². The summed E-state index contributed by atoms with van der Waals surface area (Å²) in [5.74, 6) is -2.31. The molecule has 0 aliphatic carbocycles. The van der Waals surface area contributed by atoms with Crippen molar-refractivity contribution >= 4 is 34.3 Å². The van der Waals surface area contributed by atoms with Gasteiger partial charge in [0.25, 0.3) is 5.56 Å². The SMILES string of the molecule is CC(Nc1nc(N)nc(N)c1C#N)c1nc2c(F)cc(F)cc2c(=O)n1-c1cnc(N)cn1. The Kier molecular flexibility index (Phi) is 5.14. The minimum absolute atomic E-state index is 0.000795. The number of hydrogen-bond acceptors (Lipinski definition) is 11. The second-order valence-electron chi connectivity index (χ2n) is 6.86. The molecule has 1 aromatic carbocycles. The van der Waals surface area contributed by atoms with E-state index in [1.165, 1.54) is 12.4 Å². The number of benzene rings is 1. The Morgan fingerprint density at radius 3 is 2.55 bits per heavy atom. The van der Waals surface area contributed by atoms with Crippen LogP contribution in [-0.2, 0) is 0 Å². The number of anilines is 4. The minimum atomic E-state index is -1.03. The third kappa shape index (κ3) is 3.78. The van der Waals surface area contributed by atoms with E-state index in [0.717, 1.165) is 10.6 Å². The summed E-state index contributed by atoms with van der Waals surface area (Å²) in [4.78, 5) is 33.2. The molecule has 4 aromatic rings. The molecular weight excluding hydrogens is 436 g/mol. The first-order chi connectivity index (χ1) is 15.7. The summed E-state index contributed by atoms with van der Waals surface area (Å²) in [6.07, 6.45) is 2.41. The van der Waals surface area contributed by atoms with Crippen LogP contribution in [0.5, 0.6) is 0 Å². The molecule has 0 spiro atoms. The number of hydrogen-bond donors (Lipinski definition) is 4. The zero-order valence-corrected chi connectivity index (χ0v) is 16.9. The number of nitrogens with two attached hydrogens (primary N) is 3. The summed E-state index contributed by atoms with van der Waals surface area (Å²) in [6, 6.07) is 2.47. The Labute approximate surface area is 183 Å². The van der Waals surface area contributed by atoms with E-state index in [-0.39, 0.29) is 51.5 Å². The van der Waals surface area contributed by atoms with Crippen molar-refractivity contribution in [2.75, 3.05) is 22.5 Å². The van der Waals surface area contributed by atoms with Crippen LogP contribution in [0.2, 0.25) is 0 Å². The highest BCUT2D eigenvalue weighted by atomic mass is 19.1. The molecule has 0 saturated heterocycles. The topological polar surface area (TPSA) is 200 Å². The van der Waals surface area contributed by atoms with Crippen LogP contribution >= 0.6 is 0 Å². The van der Waals surface area contributed by atoms with Gasteiger partial charge in [-0.2, -0.15) is 15.2 Å². The molecule has 4 rings (SSSR count). The van der Waals surface area contributed by atoms with E-state index in [9.17, 15) is 18.8 Å². The van der Waals surface area contributed by atoms with Crippen molar-refractivity contribution in [3.8, 4) is 11.9 Å². The van der Waals surface area contributed by atoms with Gasteiger partial charge < -0.3 is 22.5 Å². The van der Waals surface area contributed by atoms with Crippen molar-refractivity contribution in [2.24, 2.45) is 0 Å². The number of nitrogen functional groups attached to an aromatic ring is 3. The van der Waals surface area contributed by atoms with Crippen molar-refractivity contribution in [2.45, 2.75) is 13.0 Å². The number of fused-ring (bicyclic) bond motifs is 1. The van der Waals surface area contributed by atoms with Gasteiger partial charge in [0.2, 0.25) is 5.95 Å². The largest absolute Gasteiger partial charge is 0.382 e. The van der Waals surface area contributed by atoms with Crippen molar-refractivity contribution in [3.05, 3.63) is 57.9 Å². The molecule has 0 amide bonds. The van der Waals surface area contributed by atoms with Crippen LogP contribution in [0.3, 0.4) is 0 Å². The maximum absolute atomic E-state index is 14.5. The lowest BCUT2D eigenvalue weighted by molar-refractivity contribution is 0.587. The number of rotatable bonds is 4. The van der Waals surface area contributed by atoms with Gasteiger partial charge in [-0.1, -0.05) is 0 Å². The third-order valence-corrected chi connectivity index (χ3v) is 4.61. The van der Waals surface area contributed by atoms with Gasteiger partial charge in [-0.05, 0) is 13.0 Å². The van der Waals surface area contributed by atoms with E-state index < -0.39 is 23.2 Å². The van der Waals surface area contributed by atoms with Crippen LogP contribution < -0.4 is 28.1 Å². The van der Waals surface area contributed by atoms with Gasteiger partial charge in [0, 0.05) is 6.07 Å². The van der Waals surface area contributed by atoms with Gasteiger partial charge in [0.05, 0.1) is 23.8 Å². The van der Waals surface area contributed by atoms with Gasteiger partial charge >= 0.3 is 0 Å². The van der Waals surface area contributed by atoms with Gasteiger partial charge in [0.15, 0.2) is 17.5 Å². The Morgan fingerprint density at radius 2 is 1.88 bits per heavy atom. The maximum Gasteiger partial charge on any atom is 0.267 e. The van der Waals surface area contributed by atoms with Gasteiger partial charge in [-0.25, -0.2) is 28.3 Å². The molecular formula is C19H15F2N11O. The van der Waals surface area contributed by atoms with E-state index in [1.54, 1.807) is 6.92 Å². The highest BCUT2D eigenvalue weighted by Gasteiger charge is 2.23. The second-order valence-corrected chi connectivity index (χ2v) is 6.86. The molecule has 166 valence electrons. The van der Waals surface area contributed by atoms with Crippen LogP contribution in [0.1, 0.15) is 24.4 Å². The minimum Gasteiger partial charge on any atom is -0.382 e. The normalized spacial score (nSPS) is 11.8. The summed E-state index contributed by atoms with van der Waals surface area (Å²) < 4.78 is 29.3. The van der Waals surface area contributed by atoms with Crippen molar-refractivity contribution in [1.29, 1.82) is 5.26 Å². The lowest BCUT2D eigenvalue weighted by Gasteiger charge is -2.20. The molecule has 0 saturated carbocycles. The third-order valence-electron chi connectivity index (χ3n) is 4.61. The van der Waals surface area contributed by atoms with E-state index in [1.807, 2.05) is 6.07 Å².